The van der Waals surface area contributed by atoms with Crippen molar-refractivity contribution in [3.05, 3.63) is 48.0 Å². The van der Waals surface area contributed by atoms with Gasteiger partial charge in [0.25, 0.3) is 0 Å². The summed E-state index contributed by atoms with van der Waals surface area (Å²) in [6, 6.07) is 10.5. The molecule has 0 spiro atoms. The lowest BCUT2D eigenvalue weighted by molar-refractivity contribution is -0.148. The zero-order valence-corrected chi connectivity index (χ0v) is 19.9. The summed E-state index contributed by atoms with van der Waals surface area (Å²) >= 11 is 2.14. The Kier molecular flexibility index (Phi) is 10.6. The smallest absolute Gasteiger partial charge is 0.346 e. The van der Waals surface area contributed by atoms with E-state index in [9.17, 15) is 19.8 Å². The number of carboxylic acid groups (broad SMARTS) is 1. The molecule has 1 aliphatic carbocycles. The molecule has 7 heteroatoms. The first-order chi connectivity index (χ1) is 14.7. The van der Waals surface area contributed by atoms with Crippen molar-refractivity contribution in [1.82, 2.24) is 0 Å². The monoisotopic (exact) mass is 466 g/mol. The van der Waals surface area contributed by atoms with E-state index in [0.717, 1.165) is 32.6 Å². The first kappa shape index (κ1) is 26.0. The van der Waals surface area contributed by atoms with Crippen molar-refractivity contribution in [2.45, 2.75) is 73.9 Å². The number of aliphatic hydroxyl groups is 2. The number of hydrogen-bond acceptors (Lipinski definition) is 6. The third kappa shape index (κ3) is 8.29. The molecule has 0 aliphatic heterocycles. The predicted octanol–water partition coefficient (Wildman–Crippen LogP) is 4.83. The maximum absolute atomic E-state index is 12.4. The first-order valence-electron chi connectivity index (χ1n) is 10.9. The maximum Gasteiger partial charge on any atom is 0.346 e. The number of benzene rings is 1. The highest BCUT2D eigenvalue weighted by molar-refractivity contribution is 8.02. The summed E-state index contributed by atoms with van der Waals surface area (Å²) in [5.74, 6) is 0.0830. The Hall–Kier alpha value is -1.28. The van der Waals surface area contributed by atoms with Gasteiger partial charge in [-0.05, 0) is 55.8 Å². The molecule has 5 atom stereocenters. The third-order valence-corrected chi connectivity index (χ3v) is 8.15. The Balaban J connectivity index is 1.86. The molecule has 1 fully saturated rings. The van der Waals surface area contributed by atoms with Crippen molar-refractivity contribution in [2.75, 3.05) is 5.75 Å². The zero-order chi connectivity index (χ0) is 22.9. The second kappa shape index (κ2) is 12.7. The fraction of sp³-hybridized carbons (Fsp3) is 0.583. The molecule has 0 radical (unpaired) electrons. The number of allylic oxidation sites excluding steroid dienone is 2. The number of aliphatic carboxylic acids is 1. The van der Waals surface area contributed by atoms with E-state index in [4.69, 9.17) is 5.11 Å². The van der Waals surface area contributed by atoms with Gasteiger partial charge in [0.15, 0.2) is 0 Å². The third-order valence-electron chi connectivity index (χ3n) is 5.57. The van der Waals surface area contributed by atoms with Crippen molar-refractivity contribution < 1.29 is 24.9 Å². The summed E-state index contributed by atoms with van der Waals surface area (Å²) < 4.78 is 0. The molecule has 172 valence electrons. The highest BCUT2D eigenvalue weighted by Gasteiger charge is 2.35. The van der Waals surface area contributed by atoms with Crippen LogP contribution in [0.4, 0.5) is 0 Å². The van der Waals surface area contributed by atoms with Crippen LogP contribution in [0.15, 0.2) is 42.5 Å². The average molecular weight is 467 g/mol. The van der Waals surface area contributed by atoms with E-state index in [1.54, 1.807) is 0 Å². The van der Waals surface area contributed by atoms with Gasteiger partial charge in [-0.15, -0.1) is 11.8 Å². The lowest BCUT2D eigenvalue weighted by Crippen LogP contribution is -2.33. The maximum atomic E-state index is 12.4. The number of ketones is 1. The SMILES string of the molecule is CCCC(CC=C[C@H]1CCC(=O)[C@@H]1SCCC(O)SC(C)(O)C(=O)O)c1ccccc1. The number of aliphatic hydroxyl groups excluding tert-OH is 1. The van der Waals surface area contributed by atoms with E-state index in [-0.39, 0.29) is 17.0 Å². The van der Waals surface area contributed by atoms with Crippen molar-refractivity contribution in [3.63, 3.8) is 0 Å². The largest absolute Gasteiger partial charge is 0.478 e. The number of hydrogen-bond donors (Lipinski definition) is 3. The van der Waals surface area contributed by atoms with Crippen molar-refractivity contribution in [2.24, 2.45) is 5.92 Å². The molecular formula is C24H34O5S2. The van der Waals surface area contributed by atoms with Gasteiger partial charge in [0.05, 0.1) is 5.25 Å². The predicted molar refractivity (Wildman–Crippen MR) is 128 cm³/mol. The first-order valence-corrected chi connectivity index (χ1v) is 12.8. The second-order valence-corrected chi connectivity index (χ2v) is 11.0. The highest BCUT2D eigenvalue weighted by Crippen LogP contribution is 2.36. The van der Waals surface area contributed by atoms with Crippen LogP contribution in [-0.2, 0) is 9.59 Å². The van der Waals surface area contributed by atoms with Gasteiger partial charge in [0.2, 0.25) is 4.93 Å². The summed E-state index contributed by atoms with van der Waals surface area (Å²) in [6.45, 7) is 3.35. The van der Waals surface area contributed by atoms with Crippen LogP contribution in [0.25, 0.3) is 0 Å². The summed E-state index contributed by atoms with van der Waals surface area (Å²) in [7, 11) is 0. The Labute approximate surface area is 193 Å². The van der Waals surface area contributed by atoms with E-state index in [0.29, 0.717) is 36.3 Å². The van der Waals surface area contributed by atoms with Crippen molar-refractivity contribution >= 4 is 35.3 Å². The van der Waals surface area contributed by atoms with Crippen LogP contribution in [0.3, 0.4) is 0 Å². The standard InChI is InChI=1S/C24H34O5S2/c1-3-8-17(18-9-5-4-6-10-18)11-7-12-19-13-14-20(25)22(19)30-16-15-21(26)31-24(2,29)23(27)28/h4-7,9-10,12,17,19,21-22,26,29H,3,8,11,13-16H2,1-2H3,(H,27,28)/t17?,19-,21?,22+,24?/m0/s1. The van der Waals surface area contributed by atoms with Gasteiger partial charge in [-0.25, -0.2) is 4.79 Å². The lowest BCUT2D eigenvalue weighted by atomic mass is 9.91. The van der Waals surface area contributed by atoms with Crippen molar-refractivity contribution in [1.29, 1.82) is 0 Å². The molecule has 0 amide bonds. The van der Waals surface area contributed by atoms with Crippen LogP contribution in [0.1, 0.15) is 63.9 Å². The van der Waals surface area contributed by atoms with Crippen LogP contribution >= 0.6 is 23.5 Å². The molecule has 0 aromatic heterocycles. The Morgan fingerprint density at radius 2 is 2.00 bits per heavy atom. The number of carboxylic acids is 1. The van der Waals surface area contributed by atoms with Crippen LogP contribution in [0.5, 0.6) is 0 Å². The lowest BCUT2D eigenvalue weighted by Gasteiger charge is -2.21. The van der Waals surface area contributed by atoms with Gasteiger partial charge in [0, 0.05) is 6.42 Å². The summed E-state index contributed by atoms with van der Waals surface area (Å²) in [5.41, 5.74) is 0.357. The Morgan fingerprint density at radius 1 is 1.29 bits per heavy atom. The Morgan fingerprint density at radius 3 is 2.65 bits per heavy atom. The molecular weight excluding hydrogens is 432 g/mol. The molecule has 0 bridgehead atoms. The fourth-order valence-corrected chi connectivity index (χ4v) is 6.24. The summed E-state index contributed by atoms with van der Waals surface area (Å²) in [6.07, 6.45) is 9.36. The molecule has 1 saturated carbocycles. The van der Waals surface area contributed by atoms with Crippen LogP contribution < -0.4 is 0 Å². The van der Waals surface area contributed by atoms with Gasteiger partial charge < -0.3 is 15.3 Å². The molecule has 1 aliphatic rings. The molecule has 3 N–H and O–H groups in total. The topological polar surface area (TPSA) is 94.8 Å². The molecule has 0 saturated heterocycles. The Bertz CT molecular complexity index is 735. The number of carbonyl (C=O) groups excluding carboxylic acids is 1. The van der Waals surface area contributed by atoms with Gasteiger partial charge in [-0.2, -0.15) is 0 Å². The quantitative estimate of drug-likeness (QED) is 0.283. The summed E-state index contributed by atoms with van der Waals surface area (Å²) in [4.78, 5) is 21.3. The van der Waals surface area contributed by atoms with Crippen LogP contribution in [0, 0.1) is 5.92 Å². The molecule has 31 heavy (non-hydrogen) atoms. The van der Waals surface area contributed by atoms with Gasteiger partial charge in [-0.3, -0.25) is 4.79 Å². The van der Waals surface area contributed by atoms with E-state index < -0.39 is 16.3 Å². The minimum atomic E-state index is -2.02. The summed E-state index contributed by atoms with van der Waals surface area (Å²) in [5, 5.41) is 28.6. The molecule has 3 unspecified atom stereocenters. The van der Waals surface area contributed by atoms with E-state index in [2.05, 4.69) is 43.3 Å². The normalized spacial score (nSPS) is 23.0. The van der Waals surface area contributed by atoms with Gasteiger partial charge >= 0.3 is 5.97 Å². The van der Waals surface area contributed by atoms with Crippen LogP contribution in [0.2, 0.25) is 0 Å². The van der Waals surface area contributed by atoms with Gasteiger partial charge in [-0.1, -0.05) is 67.6 Å². The second-order valence-electron chi connectivity index (χ2n) is 8.17. The molecule has 1 aromatic carbocycles. The number of thioether (sulfide) groups is 2. The molecule has 2 rings (SSSR count). The molecule has 0 heterocycles. The minimum absolute atomic E-state index is 0.116. The van der Waals surface area contributed by atoms with Crippen LogP contribution in [-0.4, -0.2) is 48.4 Å². The molecule has 1 aromatic rings. The van der Waals surface area contributed by atoms with E-state index in [1.165, 1.54) is 17.3 Å². The number of Topliss-reactive ketones (excluding diaryl/α,β-unsaturated/α-hetero) is 1. The number of rotatable bonds is 13. The highest BCUT2D eigenvalue weighted by atomic mass is 32.2. The van der Waals surface area contributed by atoms with Crippen molar-refractivity contribution in [3.8, 4) is 0 Å². The van der Waals surface area contributed by atoms with Gasteiger partial charge in [0.1, 0.15) is 11.2 Å². The number of carbonyl (C=O) groups is 2. The van der Waals surface area contributed by atoms with E-state index in [1.807, 2.05) is 6.07 Å². The fourth-order valence-electron chi connectivity index (χ4n) is 3.84. The average Bonchev–Trinajstić information content (AvgIpc) is 3.07. The minimum Gasteiger partial charge on any atom is -0.478 e. The zero-order valence-electron chi connectivity index (χ0n) is 18.3. The molecule has 5 nitrogen and oxygen atoms in total. The van der Waals surface area contributed by atoms with E-state index >= 15 is 0 Å².